The maximum absolute atomic E-state index is 10.2. The lowest BCUT2D eigenvalue weighted by Crippen LogP contribution is -2.39. The number of aromatic hydroxyl groups is 1. The molecule has 1 aromatic rings. The number of methoxy groups -OCH3 is 1. The van der Waals surface area contributed by atoms with Crippen LogP contribution < -0.4 is 4.74 Å². The van der Waals surface area contributed by atoms with Gasteiger partial charge in [-0.25, -0.2) is 0 Å². The maximum atomic E-state index is 10.2. The molecule has 2 rings (SSSR count). The van der Waals surface area contributed by atoms with Crippen molar-refractivity contribution in [1.82, 2.24) is 4.90 Å². The predicted molar refractivity (Wildman–Crippen MR) is 86.8 cm³/mol. The highest BCUT2D eigenvalue weighted by atomic mass is 16.5. The molecule has 1 aromatic carbocycles. The van der Waals surface area contributed by atoms with E-state index in [-0.39, 0.29) is 6.04 Å². The summed E-state index contributed by atoms with van der Waals surface area (Å²) in [6.07, 6.45) is 2.48. The molecule has 1 aliphatic heterocycles. The number of hydrogen-bond acceptors (Lipinski definition) is 3. The van der Waals surface area contributed by atoms with Gasteiger partial charge in [-0.2, -0.15) is 0 Å². The molecule has 1 N–H and O–H groups in total. The van der Waals surface area contributed by atoms with Gasteiger partial charge in [0.25, 0.3) is 0 Å². The van der Waals surface area contributed by atoms with Crippen molar-refractivity contribution >= 4 is 0 Å². The number of phenols is 1. The quantitative estimate of drug-likeness (QED) is 0.905. The number of likely N-dealkylation sites (tertiary alicyclic amines) is 1. The topological polar surface area (TPSA) is 32.7 Å². The van der Waals surface area contributed by atoms with Crippen LogP contribution in [0.1, 0.15) is 52.1 Å². The Balaban J connectivity index is 2.03. The molecule has 0 spiro atoms. The monoisotopic (exact) mass is 291 g/mol. The number of benzene rings is 1. The lowest BCUT2D eigenvalue weighted by molar-refractivity contribution is 0.0869. The number of nitrogens with zero attached hydrogens (tertiary/aromatic N) is 1. The summed E-state index contributed by atoms with van der Waals surface area (Å²) in [6, 6.07) is 5.85. The molecule has 3 heteroatoms. The van der Waals surface area contributed by atoms with E-state index < -0.39 is 0 Å². The van der Waals surface area contributed by atoms with Crippen LogP contribution in [0, 0.1) is 11.3 Å². The smallest absolute Gasteiger partial charge is 0.124 e. The van der Waals surface area contributed by atoms with E-state index in [1.165, 1.54) is 12.8 Å². The molecule has 0 amide bonds. The zero-order valence-corrected chi connectivity index (χ0v) is 14.0. The van der Waals surface area contributed by atoms with Crippen molar-refractivity contribution in [3.05, 3.63) is 23.8 Å². The van der Waals surface area contributed by atoms with E-state index >= 15 is 0 Å². The van der Waals surface area contributed by atoms with E-state index in [1.807, 2.05) is 12.1 Å². The van der Waals surface area contributed by atoms with E-state index in [1.54, 1.807) is 13.2 Å². The van der Waals surface area contributed by atoms with Gasteiger partial charge in [0.05, 0.1) is 7.11 Å². The van der Waals surface area contributed by atoms with Crippen molar-refractivity contribution in [2.24, 2.45) is 11.3 Å². The van der Waals surface area contributed by atoms with Gasteiger partial charge in [-0.15, -0.1) is 0 Å². The Kier molecular flexibility index (Phi) is 4.82. The molecule has 1 saturated heterocycles. The predicted octanol–water partition coefficient (Wildman–Crippen LogP) is 4.22. The van der Waals surface area contributed by atoms with Gasteiger partial charge in [-0.3, -0.25) is 4.90 Å². The summed E-state index contributed by atoms with van der Waals surface area (Å²) in [5.41, 5.74) is 1.39. The molecule has 21 heavy (non-hydrogen) atoms. The number of rotatable bonds is 3. The van der Waals surface area contributed by atoms with Crippen LogP contribution in [0.25, 0.3) is 0 Å². The fourth-order valence-electron chi connectivity index (χ4n) is 3.35. The van der Waals surface area contributed by atoms with Crippen LogP contribution in [-0.4, -0.2) is 30.2 Å². The van der Waals surface area contributed by atoms with Gasteiger partial charge in [0.1, 0.15) is 11.5 Å². The molecule has 0 aliphatic carbocycles. The Morgan fingerprint density at radius 2 is 1.86 bits per heavy atom. The Labute approximate surface area is 128 Å². The average Bonchev–Trinajstić information content (AvgIpc) is 2.45. The summed E-state index contributed by atoms with van der Waals surface area (Å²) in [7, 11) is 1.62. The van der Waals surface area contributed by atoms with Crippen molar-refractivity contribution < 1.29 is 9.84 Å². The standard InChI is InChI=1S/C18H29NO2/c1-13(16-7-6-15(21-5)12-17(16)20)19-10-8-14(9-11-19)18(2,3)4/h6-7,12-14,20H,8-11H2,1-5H3. The summed E-state index contributed by atoms with van der Waals surface area (Å²) in [5.74, 6) is 1.83. The molecular formula is C18H29NO2. The van der Waals surface area contributed by atoms with Gasteiger partial charge < -0.3 is 9.84 Å². The second kappa shape index (κ2) is 6.27. The highest BCUT2D eigenvalue weighted by molar-refractivity contribution is 5.41. The molecule has 3 nitrogen and oxygen atoms in total. The molecule has 0 bridgehead atoms. The highest BCUT2D eigenvalue weighted by Gasteiger charge is 2.31. The molecule has 1 fully saturated rings. The third-order valence-electron chi connectivity index (χ3n) is 4.99. The Morgan fingerprint density at radius 3 is 2.33 bits per heavy atom. The number of ether oxygens (including phenoxy) is 1. The zero-order chi connectivity index (χ0) is 15.6. The van der Waals surface area contributed by atoms with E-state index in [2.05, 4.69) is 32.6 Å². The average molecular weight is 291 g/mol. The molecule has 0 aromatic heterocycles. The normalized spacial score (nSPS) is 19.5. The minimum atomic E-state index is 0.247. The largest absolute Gasteiger partial charge is 0.507 e. The van der Waals surface area contributed by atoms with E-state index in [0.717, 1.165) is 24.6 Å². The first-order chi connectivity index (χ1) is 9.82. The van der Waals surface area contributed by atoms with Crippen molar-refractivity contribution in [1.29, 1.82) is 0 Å². The molecule has 1 atom stereocenters. The van der Waals surface area contributed by atoms with Crippen LogP contribution in [0.15, 0.2) is 18.2 Å². The second-order valence-corrected chi connectivity index (χ2v) is 7.28. The minimum absolute atomic E-state index is 0.247. The molecule has 1 aliphatic rings. The van der Waals surface area contributed by atoms with Crippen molar-refractivity contribution in [3.8, 4) is 11.5 Å². The van der Waals surface area contributed by atoms with Crippen LogP contribution in [0.5, 0.6) is 11.5 Å². The molecular weight excluding hydrogens is 262 g/mol. The van der Waals surface area contributed by atoms with Gasteiger partial charge in [-0.05, 0) is 50.3 Å². The molecule has 118 valence electrons. The van der Waals surface area contributed by atoms with Crippen LogP contribution in [0.2, 0.25) is 0 Å². The SMILES string of the molecule is COc1ccc(C(C)N2CCC(C(C)(C)C)CC2)c(O)c1. The first kappa shape index (κ1) is 16.2. The lowest BCUT2D eigenvalue weighted by atomic mass is 9.75. The molecule has 0 saturated carbocycles. The van der Waals surface area contributed by atoms with Crippen molar-refractivity contribution in [2.75, 3.05) is 20.2 Å². The first-order valence-electron chi connectivity index (χ1n) is 7.94. The zero-order valence-electron chi connectivity index (χ0n) is 14.0. The van der Waals surface area contributed by atoms with Crippen molar-refractivity contribution in [3.63, 3.8) is 0 Å². The Bertz CT molecular complexity index is 471. The third-order valence-corrected chi connectivity index (χ3v) is 4.99. The molecule has 1 heterocycles. The Hall–Kier alpha value is -1.22. The van der Waals surface area contributed by atoms with Gasteiger partial charge in [0.2, 0.25) is 0 Å². The summed E-state index contributed by atoms with van der Waals surface area (Å²) < 4.78 is 5.15. The number of phenolic OH excluding ortho intramolecular Hbond substituents is 1. The fraction of sp³-hybridized carbons (Fsp3) is 0.667. The summed E-state index contributed by atoms with van der Waals surface area (Å²) in [4.78, 5) is 2.48. The van der Waals surface area contributed by atoms with E-state index in [9.17, 15) is 5.11 Å². The van der Waals surface area contributed by atoms with Crippen molar-refractivity contribution in [2.45, 2.75) is 46.6 Å². The highest BCUT2D eigenvalue weighted by Crippen LogP contribution is 2.38. The van der Waals surface area contributed by atoms with Crippen LogP contribution in [0.3, 0.4) is 0 Å². The summed E-state index contributed by atoms with van der Waals surface area (Å²) in [6.45, 7) is 11.4. The van der Waals surface area contributed by atoms with Gasteiger partial charge in [0, 0.05) is 17.7 Å². The fourth-order valence-corrected chi connectivity index (χ4v) is 3.35. The second-order valence-electron chi connectivity index (χ2n) is 7.28. The first-order valence-corrected chi connectivity index (χ1v) is 7.94. The maximum Gasteiger partial charge on any atom is 0.124 e. The van der Waals surface area contributed by atoms with Crippen LogP contribution in [-0.2, 0) is 0 Å². The van der Waals surface area contributed by atoms with Gasteiger partial charge in [-0.1, -0.05) is 26.8 Å². The Morgan fingerprint density at radius 1 is 1.24 bits per heavy atom. The van der Waals surface area contributed by atoms with E-state index in [4.69, 9.17) is 4.74 Å². The van der Waals surface area contributed by atoms with Crippen LogP contribution >= 0.6 is 0 Å². The minimum Gasteiger partial charge on any atom is -0.507 e. The molecule has 0 radical (unpaired) electrons. The lowest BCUT2D eigenvalue weighted by Gasteiger charge is -2.41. The van der Waals surface area contributed by atoms with Crippen LogP contribution in [0.4, 0.5) is 0 Å². The summed E-state index contributed by atoms with van der Waals surface area (Å²) in [5, 5.41) is 10.2. The van der Waals surface area contributed by atoms with Gasteiger partial charge in [0.15, 0.2) is 0 Å². The summed E-state index contributed by atoms with van der Waals surface area (Å²) >= 11 is 0. The molecule has 1 unspecified atom stereocenters. The van der Waals surface area contributed by atoms with E-state index in [0.29, 0.717) is 16.9 Å². The van der Waals surface area contributed by atoms with Gasteiger partial charge >= 0.3 is 0 Å². The number of piperidine rings is 1. The number of hydrogen-bond donors (Lipinski definition) is 1. The third kappa shape index (κ3) is 3.70.